The van der Waals surface area contributed by atoms with Gasteiger partial charge in [0.25, 0.3) is 0 Å². The minimum atomic E-state index is -0.0805. The summed E-state index contributed by atoms with van der Waals surface area (Å²) >= 11 is 5.84. The summed E-state index contributed by atoms with van der Waals surface area (Å²) in [5, 5.41) is 0.658. The molecule has 0 aromatic heterocycles. The van der Waals surface area contributed by atoms with Gasteiger partial charge in [0.15, 0.2) is 5.78 Å². The fourth-order valence-corrected chi connectivity index (χ4v) is 2.73. The highest BCUT2D eigenvalue weighted by molar-refractivity contribution is 6.30. The van der Waals surface area contributed by atoms with Crippen LogP contribution in [0.4, 0.5) is 0 Å². The lowest BCUT2D eigenvalue weighted by atomic mass is 10.0. The Morgan fingerprint density at radius 3 is 2.79 bits per heavy atom. The molecule has 4 heteroatoms. The predicted molar refractivity (Wildman–Crippen MR) is 76.8 cm³/mol. The molecule has 1 fully saturated rings. The van der Waals surface area contributed by atoms with Crippen LogP contribution in [0.15, 0.2) is 24.3 Å². The number of halogens is 1. The summed E-state index contributed by atoms with van der Waals surface area (Å²) < 4.78 is 5.19. The number of likely N-dealkylation sites (tertiary alicyclic amines) is 1. The van der Waals surface area contributed by atoms with Crippen molar-refractivity contribution in [2.45, 2.75) is 19.4 Å². The van der Waals surface area contributed by atoms with Gasteiger partial charge >= 0.3 is 0 Å². The number of hydrogen-bond donors (Lipinski definition) is 0. The number of methoxy groups -OCH3 is 1. The van der Waals surface area contributed by atoms with E-state index in [-0.39, 0.29) is 11.8 Å². The average molecular weight is 282 g/mol. The molecule has 19 heavy (non-hydrogen) atoms. The van der Waals surface area contributed by atoms with Crippen LogP contribution in [-0.2, 0) is 4.74 Å². The van der Waals surface area contributed by atoms with Crippen molar-refractivity contribution >= 4 is 17.4 Å². The summed E-state index contributed by atoms with van der Waals surface area (Å²) in [5.41, 5.74) is 0.729. The van der Waals surface area contributed by atoms with Gasteiger partial charge in [-0.05, 0) is 50.1 Å². The first kappa shape index (κ1) is 14.5. The van der Waals surface area contributed by atoms with Crippen LogP contribution in [0.1, 0.15) is 23.7 Å². The zero-order valence-electron chi connectivity index (χ0n) is 11.4. The highest BCUT2D eigenvalue weighted by atomic mass is 35.5. The first-order chi connectivity index (χ1) is 9.11. The quantitative estimate of drug-likeness (QED) is 0.777. The topological polar surface area (TPSA) is 29.5 Å². The molecular weight excluding hydrogens is 262 g/mol. The summed E-state index contributed by atoms with van der Waals surface area (Å²) in [5.74, 6) is 0.709. The van der Waals surface area contributed by atoms with Gasteiger partial charge < -0.3 is 4.74 Å². The number of Topliss-reactive ketones (excluding diaryl/α,β-unsaturated/α-hetero) is 1. The maximum Gasteiger partial charge on any atom is 0.179 e. The number of ether oxygens (including phenoxy) is 1. The van der Waals surface area contributed by atoms with Gasteiger partial charge in [0.05, 0.1) is 12.6 Å². The Hall–Kier alpha value is -0.900. The summed E-state index contributed by atoms with van der Waals surface area (Å²) in [6, 6.07) is 7.04. The van der Waals surface area contributed by atoms with E-state index < -0.39 is 0 Å². The monoisotopic (exact) mass is 281 g/mol. The predicted octanol–water partition coefficient (Wildman–Crippen LogP) is 2.88. The summed E-state index contributed by atoms with van der Waals surface area (Å²) in [4.78, 5) is 14.6. The van der Waals surface area contributed by atoms with Crippen molar-refractivity contribution in [1.82, 2.24) is 4.90 Å². The highest BCUT2D eigenvalue weighted by Crippen LogP contribution is 2.21. The van der Waals surface area contributed by atoms with E-state index in [0.29, 0.717) is 10.9 Å². The van der Waals surface area contributed by atoms with E-state index in [1.165, 1.54) is 0 Å². The van der Waals surface area contributed by atoms with Crippen molar-refractivity contribution in [2.24, 2.45) is 5.92 Å². The number of carbonyl (C=O) groups is 1. The lowest BCUT2D eigenvalue weighted by molar-refractivity contribution is 0.0852. The average Bonchev–Trinajstić information content (AvgIpc) is 2.87. The molecule has 1 heterocycles. The Bertz CT molecular complexity index is 432. The third-order valence-corrected chi connectivity index (χ3v) is 4.03. The van der Waals surface area contributed by atoms with Crippen molar-refractivity contribution in [3.05, 3.63) is 34.9 Å². The van der Waals surface area contributed by atoms with E-state index in [1.807, 2.05) is 6.92 Å². The summed E-state index contributed by atoms with van der Waals surface area (Å²) in [6.45, 7) is 4.66. The molecule has 3 nitrogen and oxygen atoms in total. The zero-order chi connectivity index (χ0) is 13.8. The molecular formula is C15H20ClNO2. The minimum absolute atomic E-state index is 0.0805. The van der Waals surface area contributed by atoms with Gasteiger partial charge in [0, 0.05) is 24.2 Å². The Kier molecular flexibility index (Phi) is 4.97. The summed E-state index contributed by atoms with van der Waals surface area (Å²) in [6.07, 6.45) is 1.10. The van der Waals surface area contributed by atoms with E-state index in [4.69, 9.17) is 16.3 Å². The number of rotatable bonds is 5. The lowest BCUT2D eigenvalue weighted by Gasteiger charge is -2.23. The van der Waals surface area contributed by atoms with Gasteiger partial charge in [0.2, 0.25) is 0 Å². The van der Waals surface area contributed by atoms with E-state index in [9.17, 15) is 4.79 Å². The molecule has 2 unspecified atom stereocenters. The van der Waals surface area contributed by atoms with Gasteiger partial charge in [-0.2, -0.15) is 0 Å². The second kappa shape index (κ2) is 6.51. The normalized spacial score (nSPS) is 21.5. The highest BCUT2D eigenvalue weighted by Gasteiger charge is 2.29. The van der Waals surface area contributed by atoms with Crippen LogP contribution in [0.25, 0.3) is 0 Å². The molecule has 0 saturated carbocycles. The Labute approximate surface area is 119 Å². The third-order valence-electron chi connectivity index (χ3n) is 3.78. The number of hydrogen-bond acceptors (Lipinski definition) is 3. The van der Waals surface area contributed by atoms with Crippen LogP contribution in [0, 0.1) is 5.92 Å². The lowest BCUT2D eigenvalue weighted by Crippen LogP contribution is -2.37. The zero-order valence-corrected chi connectivity index (χ0v) is 12.2. The van der Waals surface area contributed by atoms with Gasteiger partial charge in [0.1, 0.15) is 0 Å². The van der Waals surface area contributed by atoms with Crippen molar-refractivity contribution in [3.8, 4) is 0 Å². The Morgan fingerprint density at radius 2 is 2.16 bits per heavy atom. The molecule has 1 aromatic carbocycles. The molecule has 1 aromatic rings. The van der Waals surface area contributed by atoms with Crippen LogP contribution in [0.5, 0.6) is 0 Å². The Balaban J connectivity index is 1.98. The van der Waals surface area contributed by atoms with Crippen LogP contribution in [-0.4, -0.2) is 43.5 Å². The van der Waals surface area contributed by atoms with Gasteiger partial charge in [-0.25, -0.2) is 0 Å². The van der Waals surface area contributed by atoms with E-state index >= 15 is 0 Å². The molecule has 104 valence electrons. The smallest absolute Gasteiger partial charge is 0.179 e. The number of nitrogens with zero attached hydrogens (tertiary/aromatic N) is 1. The maximum atomic E-state index is 12.4. The fraction of sp³-hybridized carbons (Fsp3) is 0.533. The van der Waals surface area contributed by atoms with Gasteiger partial charge in [-0.3, -0.25) is 9.69 Å². The SMILES string of the molecule is COCC1CCN(C(C)C(=O)c2ccc(Cl)cc2)C1. The largest absolute Gasteiger partial charge is 0.384 e. The first-order valence-electron chi connectivity index (χ1n) is 6.64. The maximum absolute atomic E-state index is 12.4. The molecule has 2 rings (SSSR count). The van der Waals surface area contributed by atoms with Crippen molar-refractivity contribution < 1.29 is 9.53 Å². The van der Waals surface area contributed by atoms with Crippen molar-refractivity contribution in [1.29, 1.82) is 0 Å². The second-order valence-corrected chi connectivity index (χ2v) is 5.59. The van der Waals surface area contributed by atoms with Crippen LogP contribution in [0.2, 0.25) is 5.02 Å². The van der Waals surface area contributed by atoms with Crippen molar-refractivity contribution in [3.63, 3.8) is 0 Å². The van der Waals surface area contributed by atoms with Gasteiger partial charge in [-0.1, -0.05) is 11.6 Å². The Morgan fingerprint density at radius 1 is 1.47 bits per heavy atom. The second-order valence-electron chi connectivity index (χ2n) is 5.15. The molecule has 1 aliphatic rings. The van der Waals surface area contributed by atoms with Crippen LogP contribution in [0.3, 0.4) is 0 Å². The standard InChI is InChI=1S/C15H20ClNO2/c1-11(17-8-7-12(9-17)10-19-2)15(18)13-3-5-14(16)6-4-13/h3-6,11-12H,7-10H2,1-2H3. The number of ketones is 1. The molecule has 0 bridgehead atoms. The molecule has 0 radical (unpaired) electrons. The van der Waals surface area contributed by atoms with E-state index in [0.717, 1.165) is 31.7 Å². The molecule has 2 atom stereocenters. The summed E-state index contributed by atoms with van der Waals surface area (Å²) in [7, 11) is 1.73. The van der Waals surface area contributed by atoms with Crippen LogP contribution < -0.4 is 0 Å². The third kappa shape index (κ3) is 3.56. The minimum Gasteiger partial charge on any atom is -0.384 e. The molecule has 0 aliphatic carbocycles. The van der Waals surface area contributed by atoms with Gasteiger partial charge in [-0.15, -0.1) is 0 Å². The molecule has 1 saturated heterocycles. The molecule has 0 N–H and O–H groups in total. The van der Waals surface area contributed by atoms with Crippen LogP contribution >= 0.6 is 11.6 Å². The van der Waals surface area contributed by atoms with E-state index in [1.54, 1.807) is 31.4 Å². The van der Waals surface area contributed by atoms with Crippen molar-refractivity contribution in [2.75, 3.05) is 26.8 Å². The molecule has 1 aliphatic heterocycles. The first-order valence-corrected chi connectivity index (χ1v) is 7.02. The molecule has 0 spiro atoms. The fourth-order valence-electron chi connectivity index (χ4n) is 2.61. The molecule has 0 amide bonds. The van der Waals surface area contributed by atoms with E-state index in [2.05, 4.69) is 4.90 Å². The number of carbonyl (C=O) groups excluding carboxylic acids is 1. The number of benzene rings is 1.